The SMILES string of the molecule is CN(C)C(=O)CCS[C@H](SCCC(=O)O[C@@H]1O[C@H](C(=O)O)[C@@H](O)[C@H](O)[C@H]1O)c1cccc(/C=C/c2ccc3ccc(Cl)cc3n2)c1. The topological polar surface area (TPSA) is 167 Å². The van der Waals surface area contributed by atoms with E-state index in [2.05, 4.69) is 4.98 Å². The second-order valence-electron chi connectivity index (χ2n) is 10.7. The fraction of sp³-hybridized carbons (Fsp3) is 0.375. The third kappa shape index (κ3) is 9.67. The zero-order chi connectivity index (χ0) is 33.4. The van der Waals surface area contributed by atoms with Crippen molar-refractivity contribution >= 4 is 76.0 Å². The van der Waals surface area contributed by atoms with E-state index in [0.717, 1.165) is 27.7 Å². The maximum atomic E-state index is 12.6. The van der Waals surface area contributed by atoms with Crippen LogP contribution in [0.15, 0.2) is 54.6 Å². The fourth-order valence-corrected chi connectivity index (χ4v) is 7.31. The lowest BCUT2D eigenvalue weighted by molar-refractivity contribution is -0.286. The molecule has 1 amide bonds. The minimum Gasteiger partial charge on any atom is -0.479 e. The summed E-state index contributed by atoms with van der Waals surface area (Å²) in [5, 5.41) is 40.8. The van der Waals surface area contributed by atoms with Gasteiger partial charge in [0.25, 0.3) is 0 Å². The van der Waals surface area contributed by atoms with E-state index in [0.29, 0.717) is 17.2 Å². The summed E-state index contributed by atoms with van der Waals surface area (Å²) in [5.74, 6) is -1.52. The van der Waals surface area contributed by atoms with Crippen molar-refractivity contribution in [1.29, 1.82) is 0 Å². The Morgan fingerprint density at radius 2 is 1.70 bits per heavy atom. The molecule has 2 aromatic carbocycles. The lowest BCUT2D eigenvalue weighted by Gasteiger charge is -2.37. The van der Waals surface area contributed by atoms with E-state index in [4.69, 9.17) is 21.1 Å². The van der Waals surface area contributed by atoms with Crippen molar-refractivity contribution in [3.05, 3.63) is 76.4 Å². The number of benzene rings is 2. The van der Waals surface area contributed by atoms with E-state index in [1.54, 1.807) is 25.9 Å². The van der Waals surface area contributed by atoms with Gasteiger partial charge in [0, 0.05) is 42.4 Å². The highest BCUT2D eigenvalue weighted by Gasteiger charge is 2.48. The molecule has 0 aliphatic carbocycles. The quantitative estimate of drug-likeness (QED) is 0.151. The van der Waals surface area contributed by atoms with Gasteiger partial charge in [0.05, 0.1) is 22.2 Å². The van der Waals surface area contributed by atoms with Crippen LogP contribution in [0.5, 0.6) is 0 Å². The summed E-state index contributed by atoms with van der Waals surface area (Å²) in [5.41, 5.74) is 3.46. The third-order valence-corrected chi connectivity index (χ3v) is 10.1. The first kappa shape index (κ1) is 35.7. The number of rotatable bonds is 13. The van der Waals surface area contributed by atoms with Crippen molar-refractivity contribution in [1.82, 2.24) is 9.88 Å². The summed E-state index contributed by atoms with van der Waals surface area (Å²) in [6.45, 7) is 0. The zero-order valence-electron chi connectivity index (χ0n) is 25.1. The number of esters is 1. The Morgan fingerprint density at radius 3 is 2.41 bits per heavy atom. The summed E-state index contributed by atoms with van der Waals surface area (Å²) < 4.78 is 10.00. The first-order chi connectivity index (χ1) is 21.9. The van der Waals surface area contributed by atoms with Gasteiger partial charge in [-0.3, -0.25) is 9.59 Å². The molecule has 14 heteroatoms. The van der Waals surface area contributed by atoms with Crippen LogP contribution in [0.1, 0.15) is 34.2 Å². The number of amides is 1. The van der Waals surface area contributed by atoms with Gasteiger partial charge in [-0.15, -0.1) is 23.5 Å². The average molecular weight is 691 g/mol. The molecule has 3 aromatic rings. The molecular weight excluding hydrogens is 656 g/mol. The Labute approximate surface area is 279 Å². The minimum absolute atomic E-state index is 0.00121. The molecule has 1 aromatic heterocycles. The number of halogens is 1. The molecule has 6 atom stereocenters. The van der Waals surface area contributed by atoms with Crippen LogP contribution in [-0.4, -0.2) is 104 Å². The summed E-state index contributed by atoms with van der Waals surface area (Å²) in [4.78, 5) is 42.3. The molecular formula is C32H35ClN2O9S2. The number of carbonyl (C=O) groups is 3. The highest BCUT2D eigenvalue weighted by Crippen LogP contribution is 2.40. The molecule has 1 saturated heterocycles. The van der Waals surface area contributed by atoms with Crippen molar-refractivity contribution in [2.24, 2.45) is 0 Å². The van der Waals surface area contributed by atoms with Gasteiger partial charge >= 0.3 is 11.9 Å². The predicted molar refractivity (Wildman–Crippen MR) is 178 cm³/mol. The van der Waals surface area contributed by atoms with Crippen molar-refractivity contribution in [2.45, 2.75) is 48.1 Å². The lowest BCUT2D eigenvalue weighted by Crippen LogP contribution is -2.60. The Bertz CT molecular complexity index is 1570. The summed E-state index contributed by atoms with van der Waals surface area (Å²) in [6.07, 6.45) is -5.11. The monoisotopic (exact) mass is 690 g/mol. The molecule has 46 heavy (non-hydrogen) atoms. The molecule has 2 heterocycles. The molecule has 0 bridgehead atoms. The molecule has 0 spiro atoms. The molecule has 246 valence electrons. The van der Waals surface area contributed by atoms with Crippen molar-refractivity contribution in [3.8, 4) is 0 Å². The van der Waals surface area contributed by atoms with Gasteiger partial charge in [-0.05, 0) is 41.5 Å². The molecule has 4 N–H and O–H groups in total. The van der Waals surface area contributed by atoms with Gasteiger partial charge in [-0.1, -0.05) is 48.0 Å². The normalized spacial score (nSPS) is 22.1. The fourth-order valence-electron chi connectivity index (χ4n) is 4.49. The molecule has 4 rings (SSSR count). The van der Waals surface area contributed by atoms with Crippen molar-refractivity contribution in [3.63, 3.8) is 0 Å². The van der Waals surface area contributed by atoms with Crippen LogP contribution in [0.25, 0.3) is 23.1 Å². The Balaban J connectivity index is 1.41. The highest BCUT2D eigenvalue weighted by molar-refractivity contribution is 8.16. The zero-order valence-corrected chi connectivity index (χ0v) is 27.5. The van der Waals surface area contributed by atoms with E-state index in [1.165, 1.54) is 16.7 Å². The molecule has 1 aliphatic rings. The average Bonchev–Trinajstić information content (AvgIpc) is 3.02. The lowest BCUT2D eigenvalue weighted by atomic mass is 9.99. The molecule has 0 saturated carbocycles. The minimum atomic E-state index is -1.89. The number of aliphatic hydroxyl groups excluding tert-OH is 3. The Morgan fingerprint density at radius 1 is 0.978 bits per heavy atom. The number of pyridine rings is 1. The predicted octanol–water partition coefficient (Wildman–Crippen LogP) is 3.83. The van der Waals surface area contributed by atoms with Crippen molar-refractivity contribution < 1.29 is 44.3 Å². The number of carbonyl (C=O) groups excluding carboxylic acids is 2. The van der Waals surface area contributed by atoms with Crippen LogP contribution in [0.3, 0.4) is 0 Å². The number of nitrogens with zero attached hydrogens (tertiary/aromatic N) is 2. The molecule has 1 fully saturated rings. The number of carboxylic acid groups (broad SMARTS) is 1. The largest absolute Gasteiger partial charge is 0.479 e. The molecule has 1 aliphatic heterocycles. The Kier molecular flexibility index (Phi) is 12.9. The first-order valence-corrected chi connectivity index (χ1v) is 16.8. The second kappa shape index (κ2) is 16.6. The number of carboxylic acids is 1. The molecule has 0 unspecified atom stereocenters. The smallest absolute Gasteiger partial charge is 0.335 e. The van der Waals surface area contributed by atoms with E-state index in [-0.39, 0.29) is 22.7 Å². The first-order valence-electron chi connectivity index (χ1n) is 14.3. The van der Waals surface area contributed by atoms with Gasteiger partial charge in [0.2, 0.25) is 12.2 Å². The maximum absolute atomic E-state index is 12.6. The second-order valence-corrected chi connectivity index (χ2v) is 13.8. The van der Waals surface area contributed by atoms with Gasteiger partial charge in [-0.25, -0.2) is 9.78 Å². The number of ether oxygens (including phenoxy) is 2. The number of hydrogen-bond acceptors (Lipinski definition) is 11. The standard InChI is InChI=1S/C32H35ClN2O9S2/c1-35(2)24(36)12-14-45-32(46-15-13-25(37)43-31-28(40)26(38)27(39)29(44-31)30(41)42)20-5-3-4-18(16-20)6-10-22-11-8-19-7-9-21(33)17-23(19)34-22/h3-11,16-17,26-29,31-32,38-40H,12-15H2,1-2H3,(H,41,42)/b10-6+/t26-,27-,28+,29-,31+,32+/m0/s1. The maximum Gasteiger partial charge on any atom is 0.335 e. The van der Waals surface area contributed by atoms with E-state index >= 15 is 0 Å². The number of thioether (sulfide) groups is 2. The van der Waals surface area contributed by atoms with Crippen LogP contribution in [0.4, 0.5) is 0 Å². The van der Waals surface area contributed by atoms with Crippen LogP contribution >= 0.6 is 35.1 Å². The number of hydrogen-bond donors (Lipinski definition) is 4. The number of aliphatic hydroxyl groups is 3. The van der Waals surface area contributed by atoms with Crippen molar-refractivity contribution in [2.75, 3.05) is 25.6 Å². The highest BCUT2D eigenvalue weighted by atomic mass is 35.5. The van der Waals surface area contributed by atoms with E-state index in [1.807, 2.05) is 66.7 Å². The Hall–Kier alpha value is -3.17. The number of fused-ring (bicyclic) bond motifs is 1. The van der Waals surface area contributed by atoms with Gasteiger partial charge in [-0.2, -0.15) is 0 Å². The van der Waals surface area contributed by atoms with Gasteiger partial charge in [0.1, 0.15) is 18.3 Å². The van der Waals surface area contributed by atoms with E-state index < -0.39 is 42.6 Å². The van der Waals surface area contributed by atoms with E-state index in [9.17, 15) is 34.8 Å². The number of aliphatic carboxylic acids is 1. The summed E-state index contributed by atoms with van der Waals surface area (Å²) in [7, 11) is 3.40. The summed E-state index contributed by atoms with van der Waals surface area (Å²) >= 11 is 9.15. The summed E-state index contributed by atoms with van der Waals surface area (Å²) in [6, 6.07) is 17.3. The van der Waals surface area contributed by atoms with Crippen LogP contribution in [0, 0.1) is 0 Å². The molecule has 11 nitrogen and oxygen atoms in total. The molecule has 0 radical (unpaired) electrons. The van der Waals surface area contributed by atoms with Crippen LogP contribution < -0.4 is 0 Å². The van der Waals surface area contributed by atoms with Crippen LogP contribution in [0.2, 0.25) is 5.02 Å². The number of aromatic nitrogens is 1. The van der Waals surface area contributed by atoms with Gasteiger partial charge in [0.15, 0.2) is 6.10 Å². The third-order valence-electron chi connectivity index (χ3n) is 7.03. The van der Waals surface area contributed by atoms with Gasteiger partial charge < -0.3 is 34.8 Å². The van der Waals surface area contributed by atoms with Crippen LogP contribution in [-0.2, 0) is 23.9 Å².